The maximum absolute atomic E-state index is 12.9. The Hall–Kier alpha value is -2.96. The molecule has 2 N–H and O–H groups in total. The van der Waals surface area contributed by atoms with Crippen LogP contribution >= 0.6 is 11.3 Å². The standard InChI is InChI=1S/C24H25N3O2S/c28-23(19-12-15-30-17-19)26-22-9-5-4-8-21(22)24(29)25-20-10-13-27(14-11-20)16-18-6-2-1-3-7-18/h1-9,12,15,17,20H,10-11,13-14,16H2,(H,25,29)(H,26,28). The molecule has 2 aromatic carbocycles. The van der Waals surface area contributed by atoms with Gasteiger partial charge in [-0.15, -0.1) is 0 Å². The molecule has 4 rings (SSSR count). The third kappa shape index (κ3) is 5.14. The summed E-state index contributed by atoms with van der Waals surface area (Å²) >= 11 is 1.47. The zero-order valence-electron chi connectivity index (χ0n) is 16.7. The van der Waals surface area contributed by atoms with Crippen LogP contribution in [-0.2, 0) is 6.54 Å². The summed E-state index contributed by atoms with van der Waals surface area (Å²) in [5.74, 6) is -0.344. The topological polar surface area (TPSA) is 61.4 Å². The first-order chi connectivity index (χ1) is 14.7. The van der Waals surface area contributed by atoms with E-state index >= 15 is 0 Å². The second-order valence-electron chi connectivity index (χ2n) is 7.52. The summed E-state index contributed by atoms with van der Waals surface area (Å²) in [6, 6.07) is 19.5. The molecule has 2 heterocycles. The van der Waals surface area contributed by atoms with Gasteiger partial charge in [0.25, 0.3) is 11.8 Å². The summed E-state index contributed by atoms with van der Waals surface area (Å²) < 4.78 is 0. The van der Waals surface area contributed by atoms with Gasteiger partial charge in [0.15, 0.2) is 0 Å². The lowest BCUT2D eigenvalue weighted by Crippen LogP contribution is -2.44. The van der Waals surface area contributed by atoms with E-state index in [0.717, 1.165) is 32.5 Å². The van der Waals surface area contributed by atoms with Gasteiger partial charge in [-0.05, 0) is 42.0 Å². The van der Waals surface area contributed by atoms with E-state index < -0.39 is 0 Å². The van der Waals surface area contributed by atoms with E-state index in [1.807, 2.05) is 23.6 Å². The normalized spacial score (nSPS) is 14.9. The van der Waals surface area contributed by atoms with Crippen LogP contribution in [0, 0.1) is 0 Å². The zero-order valence-corrected chi connectivity index (χ0v) is 17.5. The van der Waals surface area contributed by atoms with Gasteiger partial charge in [-0.1, -0.05) is 42.5 Å². The van der Waals surface area contributed by atoms with Crippen molar-refractivity contribution in [3.8, 4) is 0 Å². The highest BCUT2D eigenvalue weighted by Crippen LogP contribution is 2.19. The summed E-state index contributed by atoms with van der Waals surface area (Å²) in [6.45, 7) is 2.85. The number of benzene rings is 2. The van der Waals surface area contributed by atoms with Crippen LogP contribution < -0.4 is 10.6 Å². The Morgan fingerprint density at radius 3 is 2.40 bits per heavy atom. The van der Waals surface area contributed by atoms with Gasteiger partial charge in [0, 0.05) is 31.1 Å². The number of carbonyl (C=O) groups is 2. The number of carbonyl (C=O) groups excluding carboxylic acids is 2. The van der Waals surface area contributed by atoms with Crippen molar-refractivity contribution in [2.45, 2.75) is 25.4 Å². The van der Waals surface area contributed by atoms with Crippen LogP contribution in [0.5, 0.6) is 0 Å². The average Bonchev–Trinajstić information content (AvgIpc) is 3.31. The van der Waals surface area contributed by atoms with Gasteiger partial charge >= 0.3 is 0 Å². The molecule has 30 heavy (non-hydrogen) atoms. The molecular formula is C24H25N3O2S. The van der Waals surface area contributed by atoms with E-state index in [9.17, 15) is 9.59 Å². The molecule has 2 amide bonds. The van der Waals surface area contributed by atoms with Crippen molar-refractivity contribution in [3.05, 3.63) is 88.1 Å². The van der Waals surface area contributed by atoms with Gasteiger partial charge in [0.2, 0.25) is 0 Å². The molecule has 1 fully saturated rings. The molecule has 0 unspecified atom stereocenters. The molecule has 0 bridgehead atoms. The highest BCUT2D eigenvalue weighted by Gasteiger charge is 2.22. The number of likely N-dealkylation sites (tertiary alicyclic amines) is 1. The number of hydrogen-bond donors (Lipinski definition) is 2. The fraction of sp³-hybridized carbons (Fsp3) is 0.250. The summed E-state index contributed by atoms with van der Waals surface area (Å²) in [4.78, 5) is 27.7. The minimum atomic E-state index is -0.203. The molecule has 6 heteroatoms. The molecule has 1 saturated heterocycles. The molecule has 0 aliphatic carbocycles. The summed E-state index contributed by atoms with van der Waals surface area (Å²) in [5, 5.41) is 9.67. The average molecular weight is 420 g/mol. The van der Waals surface area contributed by atoms with Crippen LogP contribution in [0.3, 0.4) is 0 Å². The molecule has 0 radical (unpaired) electrons. The van der Waals surface area contributed by atoms with Crippen molar-refractivity contribution in [2.24, 2.45) is 0 Å². The van der Waals surface area contributed by atoms with E-state index in [-0.39, 0.29) is 17.9 Å². The Labute approximate surface area is 180 Å². The lowest BCUT2D eigenvalue weighted by atomic mass is 10.0. The number of nitrogens with zero attached hydrogens (tertiary/aromatic N) is 1. The molecule has 1 aliphatic heterocycles. The van der Waals surface area contributed by atoms with Crippen LogP contribution in [0.25, 0.3) is 0 Å². The number of para-hydroxylation sites is 1. The Balaban J connectivity index is 1.33. The fourth-order valence-corrected chi connectivity index (χ4v) is 4.35. The van der Waals surface area contributed by atoms with Gasteiger partial charge < -0.3 is 10.6 Å². The second kappa shape index (κ2) is 9.69. The lowest BCUT2D eigenvalue weighted by molar-refractivity contribution is 0.0910. The zero-order chi connectivity index (χ0) is 20.8. The minimum absolute atomic E-state index is 0.141. The number of hydrogen-bond acceptors (Lipinski definition) is 4. The van der Waals surface area contributed by atoms with Crippen LogP contribution in [0.4, 0.5) is 5.69 Å². The summed E-state index contributed by atoms with van der Waals surface area (Å²) in [7, 11) is 0. The van der Waals surface area contributed by atoms with Crippen LogP contribution in [0.2, 0.25) is 0 Å². The first-order valence-corrected chi connectivity index (χ1v) is 11.1. The Kier molecular flexibility index (Phi) is 6.57. The maximum Gasteiger partial charge on any atom is 0.256 e. The smallest absolute Gasteiger partial charge is 0.256 e. The molecule has 0 spiro atoms. The molecular weight excluding hydrogens is 394 g/mol. The predicted octanol–water partition coefficient (Wildman–Crippen LogP) is 4.39. The van der Waals surface area contributed by atoms with E-state index in [4.69, 9.17) is 0 Å². The second-order valence-corrected chi connectivity index (χ2v) is 8.30. The lowest BCUT2D eigenvalue weighted by Gasteiger charge is -2.32. The summed E-state index contributed by atoms with van der Waals surface area (Å²) in [6.07, 6.45) is 1.84. The fourth-order valence-electron chi connectivity index (χ4n) is 3.72. The Morgan fingerprint density at radius 1 is 0.933 bits per heavy atom. The SMILES string of the molecule is O=C(Nc1ccccc1C(=O)NC1CCN(Cc2ccccc2)CC1)c1ccsc1. The van der Waals surface area contributed by atoms with Gasteiger partial charge in [0.05, 0.1) is 16.8 Å². The van der Waals surface area contributed by atoms with Gasteiger partial charge in [-0.3, -0.25) is 14.5 Å². The van der Waals surface area contributed by atoms with E-state index in [0.29, 0.717) is 16.8 Å². The van der Waals surface area contributed by atoms with Crippen molar-refractivity contribution in [2.75, 3.05) is 18.4 Å². The molecule has 3 aromatic rings. The Morgan fingerprint density at radius 2 is 1.67 bits per heavy atom. The quantitative estimate of drug-likeness (QED) is 0.623. The van der Waals surface area contributed by atoms with Crippen molar-refractivity contribution in [1.29, 1.82) is 0 Å². The van der Waals surface area contributed by atoms with E-state index in [1.54, 1.807) is 23.6 Å². The third-order valence-electron chi connectivity index (χ3n) is 5.38. The monoisotopic (exact) mass is 419 g/mol. The molecule has 154 valence electrons. The minimum Gasteiger partial charge on any atom is -0.349 e. The molecule has 0 saturated carbocycles. The number of rotatable bonds is 6. The number of nitrogens with one attached hydrogen (secondary N) is 2. The number of piperidine rings is 1. The van der Waals surface area contributed by atoms with Gasteiger partial charge in [0.1, 0.15) is 0 Å². The van der Waals surface area contributed by atoms with Crippen molar-refractivity contribution >= 4 is 28.8 Å². The maximum atomic E-state index is 12.9. The van der Waals surface area contributed by atoms with E-state index in [1.165, 1.54) is 16.9 Å². The van der Waals surface area contributed by atoms with Gasteiger partial charge in [-0.25, -0.2) is 0 Å². The largest absolute Gasteiger partial charge is 0.349 e. The molecule has 1 aromatic heterocycles. The van der Waals surface area contributed by atoms with Crippen LogP contribution in [0.15, 0.2) is 71.4 Å². The third-order valence-corrected chi connectivity index (χ3v) is 6.06. The van der Waals surface area contributed by atoms with Crippen molar-refractivity contribution in [3.63, 3.8) is 0 Å². The molecule has 0 atom stereocenters. The van der Waals surface area contributed by atoms with Crippen molar-refractivity contribution < 1.29 is 9.59 Å². The first-order valence-electron chi connectivity index (χ1n) is 10.2. The van der Waals surface area contributed by atoms with Gasteiger partial charge in [-0.2, -0.15) is 11.3 Å². The Bertz CT molecular complexity index is 981. The van der Waals surface area contributed by atoms with Crippen molar-refractivity contribution in [1.82, 2.24) is 10.2 Å². The summed E-state index contributed by atoms with van der Waals surface area (Å²) in [5.41, 5.74) is 2.94. The number of amides is 2. The number of thiophene rings is 1. The van der Waals surface area contributed by atoms with Crippen LogP contribution in [-0.4, -0.2) is 35.8 Å². The van der Waals surface area contributed by atoms with Crippen LogP contribution in [0.1, 0.15) is 39.1 Å². The molecule has 1 aliphatic rings. The van der Waals surface area contributed by atoms with E-state index in [2.05, 4.69) is 39.8 Å². The highest BCUT2D eigenvalue weighted by atomic mass is 32.1. The highest BCUT2D eigenvalue weighted by molar-refractivity contribution is 7.08. The molecule has 5 nitrogen and oxygen atoms in total. The first kappa shape index (κ1) is 20.3. The predicted molar refractivity (Wildman–Crippen MR) is 121 cm³/mol. The number of anilines is 1.